The number of benzene rings is 1. The molecule has 0 saturated carbocycles. The Hall–Kier alpha value is -0.580. The van der Waals surface area contributed by atoms with Crippen molar-refractivity contribution < 1.29 is 9.47 Å². The van der Waals surface area contributed by atoms with E-state index in [4.69, 9.17) is 9.47 Å². The minimum Gasteiger partial charge on any atom is -0.489 e. The van der Waals surface area contributed by atoms with Crippen molar-refractivity contribution in [2.45, 2.75) is 40.2 Å². The van der Waals surface area contributed by atoms with Gasteiger partial charge in [-0.05, 0) is 63.9 Å². The maximum absolute atomic E-state index is 5.94. The number of ether oxygens (including phenoxy) is 2. The number of nitrogens with one attached hydrogen (secondary N) is 1. The maximum Gasteiger partial charge on any atom is 0.120 e. The summed E-state index contributed by atoms with van der Waals surface area (Å²) in [5, 5.41) is 3.39. The molecule has 0 heterocycles. The van der Waals surface area contributed by atoms with Crippen LogP contribution in [-0.4, -0.2) is 32.4 Å². The third-order valence-corrected chi connectivity index (χ3v) is 4.28. The lowest BCUT2D eigenvalue weighted by Gasteiger charge is -2.17. The van der Waals surface area contributed by atoms with Gasteiger partial charge in [-0.25, -0.2) is 0 Å². The lowest BCUT2D eigenvalue weighted by molar-refractivity contribution is 0.143. The molecule has 0 aliphatic rings. The van der Waals surface area contributed by atoms with Gasteiger partial charge in [0, 0.05) is 24.2 Å². The molecule has 0 aliphatic heterocycles. The zero-order valence-electron chi connectivity index (χ0n) is 13.0. The van der Waals surface area contributed by atoms with Crippen LogP contribution in [0.2, 0.25) is 0 Å². The number of hydrogen-bond acceptors (Lipinski definition) is 3. The smallest absolute Gasteiger partial charge is 0.120 e. The van der Waals surface area contributed by atoms with Crippen LogP contribution in [0.3, 0.4) is 0 Å². The Kier molecular flexibility index (Phi) is 8.19. The Morgan fingerprint density at radius 3 is 2.50 bits per heavy atom. The molecule has 0 aliphatic carbocycles. The molecule has 114 valence electrons. The van der Waals surface area contributed by atoms with Crippen molar-refractivity contribution >= 4 is 15.9 Å². The van der Waals surface area contributed by atoms with Gasteiger partial charge in [-0.1, -0.05) is 15.9 Å². The second-order valence-electron chi connectivity index (χ2n) is 5.05. The molecule has 1 rings (SSSR count). The SMILES string of the molecule is CCOCCCNCC(C)Oc1cc(C)c(Br)c(C)c1. The summed E-state index contributed by atoms with van der Waals surface area (Å²) >= 11 is 3.57. The van der Waals surface area contributed by atoms with Crippen LogP contribution in [-0.2, 0) is 4.74 Å². The summed E-state index contributed by atoms with van der Waals surface area (Å²) in [5.74, 6) is 0.937. The molecule has 1 N–H and O–H groups in total. The van der Waals surface area contributed by atoms with Crippen molar-refractivity contribution in [3.05, 3.63) is 27.7 Å². The van der Waals surface area contributed by atoms with E-state index in [1.165, 1.54) is 11.1 Å². The van der Waals surface area contributed by atoms with E-state index in [9.17, 15) is 0 Å². The van der Waals surface area contributed by atoms with E-state index in [1.807, 2.05) is 6.92 Å². The van der Waals surface area contributed by atoms with E-state index in [1.54, 1.807) is 0 Å². The van der Waals surface area contributed by atoms with Crippen molar-refractivity contribution in [1.29, 1.82) is 0 Å². The Balaban J connectivity index is 2.30. The molecule has 1 unspecified atom stereocenters. The van der Waals surface area contributed by atoms with Gasteiger partial charge in [0.05, 0.1) is 0 Å². The van der Waals surface area contributed by atoms with Crippen LogP contribution >= 0.6 is 15.9 Å². The summed E-state index contributed by atoms with van der Waals surface area (Å²) in [4.78, 5) is 0. The number of aryl methyl sites for hydroxylation is 2. The Labute approximate surface area is 131 Å². The highest BCUT2D eigenvalue weighted by atomic mass is 79.9. The molecule has 4 heteroatoms. The van der Waals surface area contributed by atoms with Crippen LogP contribution in [0.5, 0.6) is 5.75 Å². The van der Waals surface area contributed by atoms with Crippen LogP contribution in [0, 0.1) is 13.8 Å². The van der Waals surface area contributed by atoms with Crippen LogP contribution in [0.4, 0.5) is 0 Å². The highest BCUT2D eigenvalue weighted by Crippen LogP contribution is 2.26. The third kappa shape index (κ3) is 6.25. The predicted octanol–water partition coefficient (Wildman–Crippen LogP) is 3.85. The predicted molar refractivity (Wildman–Crippen MR) is 87.7 cm³/mol. The normalized spacial score (nSPS) is 12.4. The van der Waals surface area contributed by atoms with Gasteiger partial charge in [0.2, 0.25) is 0 Å². The fourth-order valence-corrected chi connectivity index (χ4v) is 2.23. The van der Waals surface area contributed by atoms with Gasteiger partial charge in [0.1, 0.15) is 11.9 Å². The Morgan fingerprint density at radius 1 is 1.25 bits per heavy atom. The fraction of sp³-hybridized carbons (Fsp3) is 0.625. The largest absolute Gasteiger partial charge is 0.489 e. The molecule has 0 bridgehead atoms. The van der Waals surface area contributed by atoms with E-state index in [2.05, 4.69) is 54.2 Å². The topological polar surface area (TPSA) is 30.5 Å². The molecule has 0 saturated heterocycles. The molecule has 0 amide bonds. The summed E-state index contributed by atoms with van der Waals surface area (Å²) in [6.45, 7) is 11.7. The van der Waals surface area contributed by atoms with Gasteiger partial charge >= 0.3 is 0 Å². The van der Waals surface area contributed by atoms with E-state index >= 15 is 0 Å². The molecule has 0 aromatic heterocycles. The summed E-state index contributed by atoms with van der Waals surface area (Å²) < 4.78 is 12.4. The van der Waals surface area contributed by atoms with E-state index in [0.717, 1.165) is 42.9 Å². The second kappa shape index (κ2) is 9.37. The number of rotatable bonds is 9. The fourth-order valence-electron chi connectivity index (χ4n) is 2.00. The molecule has 3 nitrogen and oxygen atoms in total. The summed E-state index contributed by atoms with van der Waals surface area (Å²) in [5.41, 5.74) is 2.41. The minimum atomic E-state index is 0.155. The molecular weight excluding hydrogens is 318 g/mol. The Bertz CT molecular complexity index is 386. The summed E-state index contributed by atoms with van der Waals surface area (Å²) in [6.07, 6.45) is 1.19. The number of halogens is 1. The minimum absolute atomic E-state index is 0.155. The van der Waals surface area contributed by atoms with Crippen LogP contribution < -0.4 is 10.1 Å². The highest BCUT2D eigenvalue weighted by molar-refractivity contribution is 9.10. The van der Waals surface area contributed by atoms with Crippen LogP contribution in [0.25, 0.3) is 0 Å². The van der Waals surface area contributed by atoms with E-state index in [-0.39, 0.29) is 6.10 Å². The first-order chi connectivity index (χ1) is 9.54. The first kappa shape index (κ1) is 17.5. The van der Waals surface area contributed by atoms with Crippen LogP contribution in [0.1, 0.15) is 31.4 Å². The maximum atomic E-state index is 5.94. The summed E-state index contributed by atoms with van der Waals surface area (Å²) in [7, 11) is 0. The van der Waals surface area contributed by atoms with Crippen molar-refractivity contribution in [3.8, 4) is 5.75 Å². The monoisotopic (exact) mass is 343 g/mol. The molecule has 1 aromatic rings. The quantitative estimate of drug-likeness (QED) is 0.691. The van der Waals surface area contributed by atoms with Gasteiger partial charge in [0.15, 0.2) is 0 Å². The van der Waals surface area contributed by atoms with Crippen LogP contribution in [0.15, 0.2) is 16.6 Å². The zero-order valence-corrected chi connectivity index (χ0v) is 14.5. The first-order valence-corrected chi connectivity index (χ1v) is 8.05. The highest BCUT2D eigenvalue weighted by Gasteiger charge is 2.07. The average Bonchev–Trinajstić information content (AvgIpc) is 2.40. The average molecular weight is 344 g/mol. The Morgan fingerprint density at radius 2 is 1.90 bits per heavy atom. The van der Waals surface area contributed by atoms with Crippen molar-refractivity contribution in [1.82, 2.24) is 5.32 Å². The van der Waals surface area contributed by atoms with Gasteiger partial charge < -0.3 is 14.8 Å². The van der Waals surface area contributed by atoms with Gasteiger partial charge in [-0.15, -0.1) is 0 Å². The van der Waals surface area contributed by atoms with Crippen molar-refractivity contribution in [2.24, 2.45) is 0 Å². The van der Waals surface area contributed by atoms with Crippen molar-refractivity contribution in [3.63, 3.8) is 0 Å². The van der Waals surface area contributed by atoms with Gasteiger partial charge in [0.25, 0.3) is 0 Å². The summed E-state index contributed by atoms with van der Waals surface area (Å²) in [6, 6.07) is 4.14. The molecule has 20 heavy (non-hydrogen) atoms. The first-order valence-electron chi connectivity index (χ1n) is 7.26. The van der Waals surface area contributed by atoms with Crippen molar-refractivity contribution in [2.75, 3.05) is 26.3 Å². The number of hydrogen-bond donors (Lipinski definition) is 1. The third-order valence-electron chi connectivity index (χ3n) is 3.03. The lowest BCUT2D eigenvalue weighted by Crippen LogP contribution is -2.30. The molecule has 0 spiro atoms. The molecule has 0 fully saturated rings. The van der Waals surface area contributed by atoms with Gasteiger partial charge in [-0.3, -0.25) is 0 Å². The second-order valence-corrected chi connectivity index (χ2v) is 5.85. The van der Waals surface area contributed by atoms with Gasteiger partial charge in [-0.2, -0.15) is 0 Å². The molecule has 0 radical (unpaired) electrons. The molecule has 1 atom stereocenters. The molecule has 1 aromatic carbocycles. The standard InChI is InChI=1S/C16H26BrNO2/c1-5-19-8-6-7-18-11-14(4)20-15-9-12(2)16(17)13(3)10-15/h9-10,14,18H,5-8,11H2,1-4H3. The van der Waals surface area contributed by atoms with E-state index in [0.29, 0.717) is 0 Å². The molecular formula is C16H26BrNO2. The lowest BCUT2D eigenvalue weighted by atomic mass is 10.1. The van der Waals surface area contributed by atoms with E-state index < -0.39 is 0 Å². The zero-order chi connectivity index (χ0) is 15.0.